The molecule has 0 spiro atoms. The molecule has 2 aromatic carbocycles. The molecule has 1 aliphatic rings. The van der Waals surface area contributed by atoms with Gasteiger partial charge in [0, 0.05) is 0 Å². The molecule has 0 saturated heterocycles. The van der Waals surface area contributed by atoms with Crippen molar-refractivity contribution in [2.24, 2.45) is 0 Å². The molecule has 0 unspecified atom stereocenters. The zero-order valence-electron chi connectivity index (χ0n) is 16.8. The standard InChI is InChI=1S/C24H18N2O3S2/c1-13-11-14(2)19-17(12-13)31-24(25-19)26-20(15-7-4-3-5-8-15)18(22(28)23(26)29)21(27)16-9-6-10-30-16/h3-12,20,28H,1-2H3/t20-/m1/s1. The maximum atomic E-state index is 13.3. The quantitative estimate of drug-likeness (QED) is 0.405. The first-order valence-electron chi connectivity index (χ1n) is 9.73. The van der Waals surface area contributed by atoms with Crippen LogP contribution in [0.15, 0.2) is 71.3 Å². The van der Waals surface area contributed by atoms with Gasteiger partial charge in [-0.25, -0.2) is 4.98 Å². The molecule has 1 amide bonds. The highest BCUT2D eigenvalue weighted by atomic mass is 32.1. The van der Waals surface area contributed by atoms with E-state index in [2.05, 4.69) is 0 Å². The molecule has 4 aromatic rings. The molecule has 2 aromatic heterocycles. The van der Waals surface area contributed by atoms with Crippen LogP contribution in [0.4, 0.5) is 5.13 Å². The minimum Gasteiger partial charge on any atom is -0.503 e. The molecule has 0 aliphatic carbocycles. The molecule has 1 aliphatic heterocycles. The fraction of sp³-hybridized carbons (Fsp3) is 0.125. The van der Waals surface area contributed by atoms with Gasteiger partial charge in [-0.2, -0.15) is 0 Å². The van der Waals surface area contributed by atoms with Crippen molar-refractivity contribution in [3.8, 4) is 0 Å². The van der Waals surface area contributed by atoms with Crippen molar-refractivity contribution in [2.45, 2.75) is 19.9 Å². The monoisotopic (exact) mass is 446 g/mol. The van der Waals surface area contributed by atoms with Crippen LogP contribution in [-0.2, 0) is 4.79 Å². The van der Waals surface area contributed by atoms with E-state index in [-0.39, 0.29) is 11.4 Å². The van der Waals surface area contributed by atoms with E-state index in [0.29, 0.717) is 10.0 Å². The SMILES string of the molecule is Cc1cc(C)c2nc(N3C(=O)C(O)=C(C(=O)c4cccs4)[C@H]3c3ccccc3)sc2c1. The second-order valence-electron chi connectivity index (χ2n) is 7.48. The summed E-state index contributed by atoms with van der Waals surface area (Å²) in [6, 6.07) is 16.1. The predicted octanol–water partition coefficient (Wildman–Crippen LogP) is 5.76. The molecule has 0 fully saturated rings. The first-order valence-corrected chi connectivity index (χ1v) is 11.4. The van der Waals surface area contributed by atoms with Gasteiger partial charge in [-0.3, -0.25) is 14.5 Å². The van der Waals surface area contributed by atoms with Gasteiger partial charge in [0.15, 0.2) is 10.9 Å². The molecule has 0 bridgehead atoms. The third kappa shape index (κ3) is 3.17. The first-order chi connectivity index (χ1) is 15.0. The van der Waals surface area contributed by atoms with Gasteiger partial charge in [0.05, 0.1) is 26.7 Å². The van der Waals surface area contributed by atoms with Crippen molar-refractivity contribution in [1.29, 1.82) is 0 Å². The number of anilines is 1. The Hall–Kier alpha value is -3.29. The van der Waals surface area contributed by atoms with Crippen LogP contribution < -0.4 is 4.90 Å². The van der Waals surface area contributed by atoms with Gasteiger partial charge in [0.25, 0.3) is 5.91 Å². The van der Waals surface area contributed by atoms with E-state index >= 15 is 0 Å². The van der Waals surface area contributed by atoms with Gasteiger partial charge in [0.1, 0.15) is 0 Å². The first kappa shape index (κ1) is 19.7. The van der Waals surface area contributed by atoms with E-state index in [1.807, 2.05) is 56.3 Å². The topological polar surface area (TPSA) is 70.5 Å². The van der Waals surface area contributed by atoms with Crippen LogP contribution in [0.1, 0.15) is 32.4 Å². The molecule has 0 radical (unpaired) electrons. The molecule has 1 atom stereocenters. The van der Waals surface area contributed by atoms with Crippen LogP contribution >= 0.6 is 22.7 Å². The Kier molecular flexibility index (Phi) is 4.72. The summed E-state index contributed by atoms with van der Waals surface area (Å²) in [6.45, 7) is 4.01. The predicted molar refractivity (Wildman–Crippen MR) is 124 cm³/mol. The minimum atomic E-state index is -0.745. The van der Waals surface area contributed by atoms with E-state index < -0.39 is 17.7 Å². The number of thiophene rings is 1. The second-order valence-corrected chi connectivity index (χ2v) is 9.44. The smallest absolute Gasteiger partial charge is 0.296 e. The van der Waals surface area contributed by atoms with Gasteiger partial charge in [-0.1, -0.05) is 53.8 Å². The van der Waals surface area contributed by atoms with E-state index in [0.717, 1.165) is 26.9 Å². The summed E-state index contributed by atoms with van der Waals surface area (Å²) in [5.41, 5.74) is 3.79. The molecule has 7 heteroatoms. The number of hydrogen-bond acceptors (Lipinski definition) is 6. The number of rotatable bonds is 4. The fourth-order valence-corrected chi connectivity index (χ4v) is 5.83. The number of aryl methyl sites for hydroxylation is 2. The van der Waals surface area contributed by atoms with Crippen LogP contribution in [0.2, 0.25) is 0 Å². The molecule has 31 heavy (non-hydrogen) atoms. The Labute approximate surface area is 186 Å². The normalized spacial score (nSPS) is 16.5. The summed E-state index contributed by atoms with van der Waals surface area (Å²) in [6.07, 6.45) is 0. The van der Waals surface area contributed by atoms with E-state index in [4.69, 9.17) is 4.98 Å². The van der Waals surface area contributed by atoms with Crippen LogP contribution in [0.5, 0.6) is 0 Å². The van der Waals surface area contributed by atoms with Crippen LogP contribution in [0.25, 0.3) is 10.2 Å². The Morgan fingerprint density at radius 1 is 1.10 bits per heavy atom. The molecule has 3 heterocycles. The number of nitrogens with zero attached hydrogens (tertiary/aromatic N) is 2. The third-order valence-electron chi connectivity index (χ3n) is 5.34. The summed E-state index contributed by atoms with van der Waals surface area (Å²) in [4.78, 5) is 33.2. The van der Waals surface area contributed by atoms with E-state index in [1.54, 1.807) is 17.5 Å². The Balaban J connectivity index is 1.69. The largest absolute Gasteiger partial charge is 0.503 e. The lowest BCUT2D eigenvalue weighted by molar-refractivity contribution is -0.117. The Bertz CT molecular complexity index is 1350. The molecule has 0 saturated carbocycles. The van der Waals surface area contributed by atoms with Crippen molar-refractivity contribution in [3.05, 3.63) is 92.9 Å². The number of fused-ring (bicyclic) bond motifs is 1. The lowest BCUT2D eigenvalue weighted by Crippen LogP contribution is -2.30. The summed E-state index contributed by atoms with van der Waals surface area (Å²) in [5.74, 6) is -1.47. The van der Waals surface area contributed by atoms with Crippen LogP contribution in [0, 0.1) is 13.8 Å². The maximum Gasteiger partial charge on any atom is 0.296 e. The number of carbonyl (C=O) groups excluding carboxylic acids is 2. The maximum absolute atomic E-state index is 13.3. The number of thiazole rings is 1. The molecule has 1 N–H and O–H groups in total. The molecular formula is C24H18N2O3S2. The van der Waals surface area contributed by atoms with Gasteiger partial charge in [-0.15, -0.1) is 11.3 Å². The van der Waals surface area contributed by atoms with E-state index in [1.165, 1.54) is 27.6 Å². The van der Waals surface area contributed by atoms with Crippen LogP contribution in [0.3, 0.4) is 0 Å². The molecular weight excluding hydrogens is 428 g/mol. The van der Waals surface area contributed by atoms with Crippen molar-refractivity contribution in [2.75, 3.05) is 4.90 Å². The molecule has 5 rings (SSSR count). The van der Waals surface area contributed by atoms with Gasteiger partial charge < -0.3 is 5.11 Å². The minimum absolute atomic E-state index is 0.0887. The molecule has 154 valence electrons. The number of benzene rings is 2. The van der Waals surface area contributed by atoms with Crippen molar-refractivity contribution >= 4 is 49.7 Å². The number of aromatic nitrogens is 1. The van der Waals surface area contributed by atoms with Crippen molar-refractivity contribution in [3.63, 3.8) is 0 Å². The lowest BCUT2D eigenvalue weighted by atomic mass is 9.96. The molecule has 5 nitrogen and oxygen atoms in total. The van der Waals surface area contributed by atoms with Gasteiger partial charge in [0.2, 0.25) is 5.78 Å². The number of aliphatic hydroxyl groups is 1. The lowest BCUT2D eigenvalue weighted by Gasteiger charge is -2.24. The fourth-order valence-electron chi connectivity index (χ4n) is 3.99. The highest BCUT2D eigenvalue weighted by Crippen LogP contribution is 2.44. The highest BCUT2D eigenvalue weighted by molar-refractivity contribution is 7.22. The summed E-state index contributed by atoms with van der Waals surface area (Å²) in [7, 11) is 0. The number of hydrogen-bond donors (Lipinski definition) is 1. The van der Waals surface area contributed by atoms with Crippen molar-refractivity contribution in [1.82, 2.24) is 4.98 Å². The third-order valence-corrected chi connectivity index (χ3v) is 7.21. The van der Waals surface area contributed by atoms with Gasteiger partial charge in [-0.05, 0) is 48.1 Å². The summed E-state index contributed by atoms with van der Waals surface area (Å²) in [5, 5.41) is 13.1. The Morgan fingerprint density at radius 2 is 1.87 bits per heavy atom. The highest BCUT2D eigenvalue weighted by Gasteiger charge is 2.46. The number of ketones is 1. The number of carbonyl (C=O) groups is 2. The average Bonchev–Trinajstić information content (AvgIpc) is 3.48. The summed E-state index contributed by atoms with van der Waals surface area (Å²) < 4.78 is 0.963. The zero-order chi connectivity index (χ0) is 21.7. The van der Waals surface area contributed by atoms with Crippen LogP contribution in [-0.4, -0.2) is 21.8 Å². The number of amides is 1. The Morgan fingerprint density at radius 3 is 2.58 bits per heavy atom. The van der Waals surface area contributed by atoms with Gasteiger partial charge >= 0.3 is 0 Å². The number of Topliss-reactive ketones (excluding diaryl/α,β-unsaturated/α-hetero) is 1. The zero-order valence-corrected chi connectivity index (χ0v) is 18.5. The van der Waals surface area contributed by atoms with E-state index in [9.17, 15) is 14.7 Å². The second kappa shape index (κ2) is 7.44. The number of aliphatic hydroxyl groups excluding tert-OH is 1. The average molecular weight is 447 g/mol. The summed E-state index contributed by atoms with van der Waals surface area (Å²) >= 11 is 2.67. The van der Waals surface area contributed by atoms with Crippen molar-refractivity contribution < 1.29 is 14.7 Å².